The lowest BCUT2D eigenvalue weighted by Gasteiger charge is -2.22. The SMILES string of the molecule is Nc1ncccc1C(=O)c1ccc(Cl)c(N2CCCNCC2)n1.[HH]. The Morgan fingerprint density at radius 2 is 2.17 bits per heavy atom. The van der Waals surface area contributed by atoms with Crippen LogP contribution < -0.4 is 16.0 Å². The standard InChI is InChI=1S/C16H18ClN5O.H2/c17-12-4-5-13(14(23)11-3-1-7-20-15(11)18)21-16(12)22-9-2-6-19-8-10-22;/h1,3-5,7,19H,2,6,8-10H2,(H2,18,20);1H. The second-order valence-corrected chi connectivity index (χ2v) is 5.77. The van der Waals surface area contributed by atoms with E-state index in [9.17, 15) is 4.79 Å². The first-order valence-electron chi connectivity index (χ1n) is 7.54. The van der Waals surface area contributed by atoms with Gasteiger partial charge in [0.05, 0.1) is 10.6 Å². The zero-order chi connectivity index (χ0) is 16.2. The van der Waals surface area contributed by atoms with E-state index in [1.54, 1.807) is 30.5 Å². The monoisotopic (exact) mass is 333 g/mol. The van der Waals surface area contributed by atoms with Gasteiger partial charge in [0.1, 0.15) is 17.3 Å². The number of nitrogens with one attached hydrogen (secondary N) is 1. The molecule has 3 N–H and O–H groups in total. The van der Waals surface area contributed by atoms with E-state index in [1.165, 1.54) is 0 Å². The first kappa shape index (κ1) is 15.7. The van der Waals surface area contributed by atoms with Crippen molar-refractivity contribution in [1.29, 1.82) is 0 Å². The summed E-state index contributed by atoms with van der Waals surface area (Å²) in [4.78, 5) is 23.2. The van der Waals surface area contributed by atoms with E-state index in [1.807, 2.05) is 0 Å². The minimum Gasteiger partial charge on any atom is -0.383 e. The third-order valence-corrected chi connectivity index (χ3v) is 4.08. The molecule has 0 aromatic carbocycles. The number of rotatable bonds is 3. The van der Waals surface area contributed by atoms with E-state index >= 15 is 0 Å². The van der Waals surface area contributed by atoms with Crippen LogP contribution in [0, 0.1) is 0 Å². The molecule has 0 spiro atoms. The summed E-state index contributed by atoms with van der Waals surface area (Å²) in [6.45, 7) is 3.50. The molecular weight excluding hydrogens is 314 g/mol. The highest BCUT2D eigenvalue weighted by Crippen LogP contribution is 2.25. The molecule has 0 bridgehead atoms. The van der Waals surface area contributed by atoms with Crippen LogP contribution in [0.4, 0.5) is 11.6 Å². The van der Waals surface area contributed by atoms with Gasteiger partial charge in [-0.15, -0.1) is 0 Å². The molecule has 1 aliphatic rings. The van der Waals surface area contributed by atoms with Crippen LogP contribution in [0.2, 0.25) is 5.02 Å². The Balaban J connectivity index is 0.00000208. The molecule has 3 heterocycles. The number of carbonyl (C=O) groups is 1. The molecule has 0 atom stereocenters. The largest absolute Gasteiger partial charge is 0.383 e. The van der Waals surface area contributed by atoms with Crippen molar-refractivity contribution in [2.24, 2.45) is 0 Å². The fourth-order valence-corrected chi connectivity index (χ4v) is 2.81. The maximum Gasteiger partial charge on any atom is 0.215 e. The number of carbonyl (C=O) groups excluding carboxylic acids is 1. The Kier molecular flexibility index (Phi) is 4.73. The second-order valence-electron chi connectivity index (χ2n) is 5.36. The highest BCUT2D eigenvalue weighted by Gasteiger charge is 2.19. The summed E-state index contributed by atoms with van der Waals surface area (Å²) in [5.74, 6) is 0.597. The normalized spacial score (nSPS) is 15.3. The first-order valence-corrected chi connectivity index (χ1v) is 7.92. The summed E-state index contributed by atoms with van der Waals surface area (Å²) < 4.78 is 0. The van der Waals surface area contributed by atoms with Crippen LogP contribution in [0.1, 0.15) is 23.9 Å². The van der Waals surface area contributed by atoms with E-state index in [0.717, 1.165) is 32.6 Å². The van der Waals surface area contributed by atoms with Crippen molar-refractivity contribution >= 4 is 29.0 Å². The Bertz CT molecular complexity index is 719. The molecule has 3 rings (SSSR count). The van der Waals surface area contributed by atoms with Crippen molar-refractivity contribution in [3.63, 3.8) is 0 Å². The molecule has 0 radical (unpaired) electrons. The topological polar surface area (TPSA) is 84.1 Å². The van der Waals surface area contributed by atoms with Crippen LogP contribution in [0.15, 0.2) is 30.5 Å². The van der Waals surface area contributed by atoms with E-state index in [-0.39, 0.29) is 13.0 Å². The number of halogens is 1. The van der Waals surface area contributed by atoms with Gasteiger partial charge in [-0.3, -0.25) is 4.79 Å². The molecule has 2 aromatic rings. The predicted molar refractivity (Wildman–Crippen MR) is 93.1 cm³/mol. The third kappa shape index (κ3) is 3.43. The Labute approximate surface area is 141 Å². The van der Waals surface area contributed by atoms with Gasteiger partial charge >= 0.3 is 0 Å². The van der Waals surface area contributed by atoms with E-state index < -0.39 is 0 Å². The first-order chi connectivity index (χ1) is 11.2. The van der Waals surface area contributed by atoms with Gasteiger partial charge in [0.2, 0.25) is 5.78 Å². The van der Waals surface area contributed by atoms with E-state index in [0.29, 0.717) is 22.1 Å². The quantitative estimate of drug-likeness (QED) is 0.836. The number of ketones is 1. The molecular formula is C16H20ClN5O. The van der Waals surface area contributed by atoms with E-state index in [4.69, 9.17) is 17.3 Å². The number of hydrogen-bond donors (Lipinski definition) is 2. The van der Waals surface area contributed by atoms with Gasteiger partial charge in [0.15, 0.2) is 0 Å². The molecule has 1 saturated heterocycles. The molecule has 7 heteroatoms. The Hall–Kier alpha value is -2.18. The lowest BCUT2D eigenvalue weighted by atomic mass is 10.1. The molecule has 122 valence electrons. The summed E-state index contributed by atoms with van der Waals surface area (Å²) in [5, 5.41) is 3.88. The smallest absolute Gasteiger partial charge is 0.215 e. The van der Waals surface area contributed by atoms with Crippen LogP contribution in [0.25, 0.3) is 0 Å². The molecule has 0 aliphatic carbocycles. The lowest BCUT2D eigenvalue weighted by molar-refractivity contribution is 0.103. The maximum absolute atomic E-state index is 12.6. The lowest BCUT2D eigenvalue weighted by Crippen LogP contribution is -2.29. The van der Waals surface area contributed by atoms with Crippen LogP contribution in [-0.2, 0) is 0 Å². The van der Waals surface area contributed by atoms with E-state index in [2.05, 4.69) is 20.2 Å². The van der Waals surface area contributed by atoms with Crippen molar-refractivity contribution in [2.75, 3.05) is 36.8 Å². The average molecular weight is 334 g/mol. The number of hydrogen-bond acceptors (Lipinski definition) is 6. The van der Waals surface area contributed by atoms with Crippen molar-refractivity contribution in [1.82, 2.24) is 15.3 Å². The second kappa shape index (κ2) is 6.93. The van der Waals surface area contributed by atoms with Gasteiger partial charge < -0.3 is 16.0 Å². The molecule has 0 unspecified atom stereocenters. The molecule has 2 aromatic heterocycles. The van der Waals surface area contributed by atoms with Crippen LogP contribution in [0.5, 0.6) is 0 Å². The van der Waals surface area contributed by atoms with Crippen molar-refractivity contribution in [3.05, 3.63) is 46.7 Å². The summed E-state index contributed by atoms with van der Waals surface area (Å²) in [5.41, 5.74) is 6.46. The molecule has 6 nitrogen and oxygen atoms in total. The van der Waals surface area contributed by atoms with Gasteiger partial charge in [-0.1, -0.05) is 11.6 Å². The summed E-state index contributed by atoms with van der Waals surface area (Å²) in [6, 6.07) is 6.66. The third-order valence-electron chi connectivity index (χ3n) is 3.78. The van der Waals surface area contributed by atoms with Crippen molar-refractivity contribution in [2.45, 2.75) is 6.42 Å². The van der Waals surface area contributed by atoms with Crippen molar-refractivity contribution < 1.29 is 6.22 Å². The number of nitrogens with zero attached hydrogens (tertiary/aromatic N) is 3. The zero-order valence-electron chi connectivity index (χ0n) is 12.6. The average Bonchev–Trinajstić information content (AvgIpc) is 2.84. The number of aromatic nitrogens is 2. The highest BCUT2D eigenvalue weighted by molar-refractivity contribution is 6.33. The Morgan fingerprint density at radius 1 is 1.30 bits per heavy atom. The molecule has 1 fully saturated rings. The minimum atomic E-state index is -0.249. The molecule has 23 heavy (non-hydrogen) atoms. The number of nitrogen functional groups attached to an aromatic ring is 1. The number of anilines is 2. The molecule has 1 aliphatic heterocycles. The fraction of sp³-hybridized carbons (Fsp3) is 0.312. The van der Waals surface area contributed by atoms with Crippen LogP contribution >= 0.6 is 11.6 Å². The Morgan fingerprint density at radius 3 is 3.00 bits per heavy atom. The van der Waals surface area contributed by atoms with Gasteiger partial charge in [0, 0.05) is 27.3 Å². The maximum atomic E-state index is 12.6. The fourth-order valence-electron chi connectivity index (χ4n) is 2.58. The van der Waals surface area contributed by atoms with Crippen molar-refractivity contribution in [3.8, 4) is 0 Å². The van der Waals surface area contributed by atoms with Gasteiger partial charge in [-0.25, -0.2) is 9.97 Å². The summed E-state index contributed by atoms with van der Waals surface area (Å²) in [7, 11) is 0. The van der Waals surface area contributed by atoms with Crippen LogP contribution in [0.3, 0.4) is 0 Å². The van der Waals surface area contributed by atoms with Gasteiger partial charge in [-0.05, 0) is 37.2 Å². The highest BCUT2D eigenvalue weighted by atomic mass is 35.5. The van der Waals surface area contributed by atoms with Gasteiger partial charge in [-0.2, -0.15) is 0 Å². The number of pyridine rings is 2. The summed E-state index contributed by atoms with van der Waals surface area (Å²) >= 11 is 6.29. The molecule has 0 saturated carbocycles. The summed E-state index contributed by atoms with van der Waals surface area (Å²) in [6.07, 6.45) is 2.56. The predicted octanol–water partition coefficient (Wildman–Crippen LogP) is 1.99. The van der Waals surface area contributed by atoms with Gasteiger partial charge in [0.25, 0.3) is 0 Å². The number of nitrogens with two attached hydrogens (primary N) is 1. The zero-order valence-corrected chi connectivity index (χ0v) is 13.4. The minimum absolute atomic E-state index is 0. The molecule has 0 amide bonds. The van der Waals surface area contributed by atoms with Crippen LogP contribution in [-0.4, -0.2) is 41.9 Å².